The molecule has 4 N–H and O–H groups in total. The monoisotopic (exact) mass is 214 g/mol. The topological polar surface area (TPSA) is 58.3 Å². The molecule has 1 atom stereocenters. The summed E-state index contributed by atoms with van der Waals surface area (Å²) in [5.74, 6) is 5.80. The van der Waals surface area contributed by atoms with Gasteiger partial charge in [-0.2, -0.15) is 0 Å². The van der Waals surface area contributed by atoms with Crippen molar-refractivity contribution >= 4 is 0 Å². The van der Waals surface area contributed by atoms with Crippen molar-refractivity contribution in [2.75, 3.05) is 0 Å². The van der Waals surface area contributed by atoms with E-state index in [4.69, 9.17) is 5.84 Å². The zero-order valence-electron chi connectivity index (χ0n) is 8.80. The summed E-state index contributed by atoms with van der Waals surface area (Å²) in [7, 11) is 0. The van der Waals surface area contributed by atoms with Crippen molar-refractivity contribution in [3.63, 3.8) is 0 Å². The molecule has 0 aliphatic carbocycles. The number of aromatic hydroxyl groups is 1. The Morgan fingerprint density at radius 2 is 1.62 bits per heavy atom. The van der Waals surface area contributed by atoms with Crippen LogP contribution in [-0.4, -0.2) is 5.11 Å². The number of rotatable bonds is 3. The molecule has 0 bridgehead atoms. The van der Waals surface area contributed by atoms with Crippen LogP contribution in [0.3, 0.4) is 0 Å². The van der Waals surface area contributed by atoms with Gasteiger partial charge in [-0.05, 0) is 23.3 Å². The normalized spacial score (nSPS) is 12.3. The molecule has 0 aliphatic heterocycles. The molecule has 0 heterocycles. The summed E-state index contributed by atoms with van der Waals surface area (Å²) >= 11 is 0. The van der Waals surface area contributed by atoms with Gasteiger partial charge in [0.25, 0.3) is 0 Å². The minimum absolute atomic E-state index is 0.103. The lowest BCUT2D eigenvalue weighted by Crippen LogP contribution is -2.28. The maximum absolute atomic E-state index is 9.44. The van der Waals surface area contributed by atoms with E-state index in [1.807, 2.05) is 36.4 Å². The van der Waals surface area contributed by atoms with E-state index in [1.54, 1.807) is 18.2 Å². The van der Waals surface area contributed by atoms with Crippen molar-refractivity contribution in [3.05, 3.63) is 65.7 Å². The van der Waals surface area contributed by atoms with E-state index in [-0.39, 0.29) is 11.8 Å². The SMILES string of the molecule is NN[C@H](c1ccccc1)c1cccc(O)c1. The first-order chi connectivity index (χ1) is 7.81. The maximum Gasteiger partial charge on any atom is 0.115 e. The van der Waals surface area contributed by atoms with Crippen molar-refractivity contribution < 1.29 is 5.11 Å². The molecule has 0 unspecified atom stereocenters. The lowest BCUT2D eigenvalue weighted by molar-refractivity contribution is 0.473. The first-order valence-electron chi connectivity index (χ1n) is 5.11. The van der Waals surface area contributed by atoms with Gasteiger partial charge in [-0.1, -0.05) is 42.5 Å². The molecule has 2 rings (SSSR count). The Morgan fingerprint density at radius 3 is 2.25 bits per heavy atom. The summed E-state index contributed by atoms with van der Waals surface area (Å²) in [6.45, 7) is 0. The van der Waals surface area contributed by atoms with E-state index in [1.165, 1.54) is 0 Å². The van der Waals surface area contributed by atoms with Gasteiger partial charge in [0.05, 0.1) is 6.04 Å². The van der Waals surface area contributed by atoms with Gasteiger partial charge in [0, 0.05) is 0 Å². The van der Waals surface area contributed by atoms with Crippen molar-refractivity contribution in [3.8, 4) is 5.75 Å². The predicted molar refractivity (Wildman–Crippen MR) is 63.7 cm³/mol. The largest absolute Gasteiger partial charge is 0.508 e. The van der Waals surface area contributed by atoms with Crippen LogP contribution in [0.1, 0.15) is 17.2 Å². The number of nitrogens with two attached hydrogens (primary N) is 1. The molecular formula is C13H14N2O. The second kappa shape index (κ2) is 4.79. The molecule has 0 spiro atoms. The van der Waals surface area contributed by atoms with Crippen LogP contribution in [0.2, 0.25) is 0 Å². The number of phenols is 1. The summed E-state index contributed by atoms with van der Waals surface area (Å²) < 4.78 is 0. The number of hydrogen-bond acceptors (Lipinski definition) is 3. The van der Waals surface area contributed by atoms with E-state index >= 15 is 0 Å². The molecule has 16 heavy (non-hydrogen) atoms. The number of hydrogen-bond donors (Lipinski definition) is 3. The summed E-state index contributed by atoms with van der Waals surface area (Å²) in [6, 6.07) is 16.8. The fourth-order valence-electron chi connectivity index (χ4n) is 1.73. The number of phenolic OH excluding ortho intramolecular Hbond substituents is 1. The van der Waals surface area contributed by atoms with Gasteiger partial charge in [0.2, 0.25) is 0 Å². The van der Waals surface area contributed by atoms with Gasteiger partial charge < -0.3 is 5.11 Å². The van der Waals surface area contributed by atoms with Crippen molar-refractivity contribution in [1.82, 2.24) is 5.43 Å². The molecule has 0 aliphatic rings. The molecule has 0 aromatic heterocycles. The van der Waals surface area contributed by atoms with Crippen LogP contribution in [0.4, 0.5) is 0 Å². The zero-order valence-corrected chi connectivity index (χ0v) is 8.80. The quantitative estimate of drug-likeness (QED) is 0.540. The van der Waals surface area contributed by atoms with E-state index < -0.39 is 0 Å². The molecule has 2 aromatic carbocycles. The minimum Gasteiger partial charge on any atom is -0.508 e. The number of hydrazine groups is 1. The molecule has 0 radical (unpaired) electrons. The van der Waals surface area contributed by atoms with Gasteiger partial charge in [-0.25, -0.2) is 5.43 Å². The molecule has 82 valence electrons. The Hall–Kier alpha value is -1.84. The highest BCUT2D eigenvalue weighted by Gasteiger charge is 2.11. The molecule has 0 saturated carbocycles. The smallest absolute Gasteiger partial charge is 0.115 e. The van der Waals surface area contributed by atoms with Crippen LogP contribution in [0.5, 0.6) is 5.75 Å². The summed E-state index contributed by atoms with van der Waals surface area (Å²) in [6.07, 6.45) is 0. The number of nitrogens with one attached hydrogen (secondary N) is 1. The van der Waals surface area contributed by atoms with E-state index in [2.05, 4.69) is 5.43 Å². The van der Waals surface area contributed by atoms with E-state index in [9.17, 15) is 5.11 Å². The van der Waals surface area contributed by atoms with Crippen LogP contribution < -0.4 is 11.3 Å². The van der Waals surface area contributed by atoms with Gasteiger partial charge >= 0.3 is 0 Å². The van der Waals surface area contributed by atoms with Crippen molar-refractivity contribution in [2.45, 2.75) is 6.04 Å². The lowest BCUT2D eigenvalue weighted by atomic mass is 9.99. The summed E-state index contributed by atoms with van der Waals surface area (Å²) in [5.41, 5.74) is 4.75. The third-order valence-electron chi connectivity index (χ3n) is 2.50. The lowest BCUT2D eigenvalue weighted by Gasteiger charge is -2.16. The minimum atomic E-state index is -0.103. The van der Waals surface area contributed by atoms with Crippen LogP contribution in [0.25, 0.3) is 0 Å². The van der Waals surface area contributed by atoms with Gasteiger partial charge in [0.1, 0.15) is 5.75 Å². The highest BCUT2D eigenvalue weighted by molar-refractivity contribution is 5.35. The predicted octanol–water partition coefficient (Wildman–Crippen LogP) is 1.94. The van der Waals surface area contributed by atoms with Crippen LogP contribution >= 0.6 is 0 Å². The Kier molecular flexibility index (Phi) is 3.19. The van der Waals surface area contributed by atoms with Crippen molar-refractivity contribution in [1.29, 1.82) is 0 Å². The highest BCUT2D eigenvalue weighted by atomic mass is 16.3. The first kappa shape index (κ1) is 10.7. The number of benzene rings is 2. The molecule has 0 fully saturated rings. The molecular weight excluding hydrogens is 200 g/mol. The third kappa shape index (κ3) is 2.21. The van der Waals surface area contributed by atoms with Crippen LogP contribution in [-0.2, 0) is 0 Å². The summed E-state index contributed by atoms with van der Waals surface area (Å²) in [5, 5.41) is 9.44. The van der Waals surface area contributed by atoms with E-state index in [0.717, 1.165) is 11.1 Å². The summed E-state index contributed by atoms with van der Waals surface area (Å²) in [4.78, 5) is 0. The molecule has 3 nitrogen and oxygen atoms in total. The average molecular weight is 214 g/mol. The second-order valence-electron chi connectivity index (χ2n) is 3.61. The third-order valence-corrected chi connectivity index (χ3v) is 2.50. The molecule has 0 saturated heterocycles. The fourth-order valence-corrected chi connectivity index (χ4v) is 1.73. The Morgan fingerprint density at radius 1 is 0.938 bits per heavy atom. The highest BCUT2D eigenvalue weighted by Crippen LogP contribution is 2.23. The average Bonchev–Trinajstić information content (AvgIpc) is 2.31. The van der Waals surface area contributed by atoms with Crippen LogP contribution in [0, 0.1) is 0 Å². The fraction of sp³-hybridized carbons (Fsp3) is 0.0769. The molecule has 2 aromatic rings. The Bertz CT molecular complexity index is 456. The second-order valence-corrected chi connectivity index (χ2v) is 3.61. The van der Waals surface area contributed by atoms with Crippen molar-refractivity contribution in [2.24, 2.45) is 5.84 Å². The zero-order chi connectivity index (χ0) is 11.4. The standard InChI is InChI=1S/C13H14N2O/c14-15-13(10-5-2-1-3-6-10)11-7-4-8-12(16)9-11/h1-9,13,15-16H,14H2/t13-/m1/s1. The van der Waals surface area contributed by atoms with Crippen LogP contribution in [0.15, 0.2) is 54.6 Å². The Labute approximate surface area is 94.5 Å². The maximum atomic E-state index is 9.44. The van der Waals surface area contributed by atoms with Gasteiger partial charge in [0.15, 0.2) is 0 Å². The van der Waals surface area contributed by atoms with Gasteiger partial charge in [-0.15, -0.1) is 0 Å². The van der Waals surface area contributed by atoms with E-state index in [0.29, 0.717) is 0 Å². The van der Waals surface area contributed by atoms with Gasteiger partial charge in [-0.3, -0.25) is 5.84 Å². The molecule has 0 amide bonds. The first-order valence-corrected chi connectivity index (χ1v) is 5.11. The molecule has 3 heteroatoms. The Balaban J connectivity index is 2.37.